The number of amides is 1. The third-order valence-electron chi connectivity index (χ3n) is 2.85. The van der Waals surface area contributed by atoms with Crippen molar-refractivity contribution >= 4 is 17.5 Å². The third-order valence-corrected chi connectivity index (χ3v) is 3.05. The minimum Gasteiger partial charge on any atom is -0.395 e. The second kappa shape index (κ2) is 7.03. The number of hydrogen-bond acceptors (Lipinski definition) is 3. The normalized spacial score (nSPS) is 10.3. The van der Waals surface area contributed by atoms with Gasteiger partial charge in [0.1, 0.15) is 5.15 Å². The van der Waals surface area contributed by atoms with E-state index in [4.69, 9.17) is 16.7 Å². The fraction of sp³-hybridized carbons (Fsp3) is 0.200. The Kier molecular flexibility index (Phi) is 5.09. The van der Waals surface area contributed by atoms with Gasteiger partial charge in [0.25, 0.3) is 5.91 Å². The molecule has 1 aromatic heterocycles. The highest BCUT2D eigenvalue weighted by Gasteiger charge is 2.16. The lowest BCUT2D eigenvalue weighted by Gasteiger charge is -2.22. The van der Waals surface area contributed by atoms with Crippen LogP contribution in [0.3, 0.4) is 0 Å². The van der Waals surface area contributed by atoms with Crippen molar-refractivity contribution in [2.24, 2.45) is 0 Å². The lowest BCUT2D eigenvalue weighted by atomic mass is 10.2. The van der Waals surface area contributed by atoms with Crippen molar-refractivity contribution in [2.75, 3.05) is 13.2 Å². The van der Waals surface area contributed by atoms with Crippen molar-refractivity contribution in [3.05, 3.63) is 64.9 Å². The summed E-state index contributed by atoms with van der Waals surface area (Å²) in [4.78, 5) is 17.9. The first-order chi connectivity index (χ1) is 9.70. The predicted octanol–water partition coefficient (Wildman–Crippen LogP) is 2.37. The van der Waals surface area contributed by atoms with E-state index in [1.54, 1.807) is 11.0 Å². The summed E-state index contributed by atoms with van der Waals surface area (Å²) >= 11 is 5.80. The van der Waals surface area contributed by atoms with Gasteiger partial charge in [-0.2, -0.15) is 0 Å². The number of hydrogen-bond donors (Lipinski definition) is 1. The number of carbonyl (C=O) groups excluding carboxylic acids is 1. The molecule has 4 nitrogen and oxygen atoms in total. The van der Waals surface area contributed by atoms with Crippen molar-refractivity contribution in [3.8, 4) is 0 Å². The van der Waals surface area contributed by atoms with Gasteiger partial charge in [0.05, 0.1) is 6.61 Å². The molecule has 0 fully saturated rings. The van der Waals surface area contributed by atoms with Gasteiger partial charge >= 0.3 is 0 Å². The maximum atomic E-state index is 12.4. The van der Waals surface area contributed by atoms with Gasteiger partial charge in [-0.25, -0.2) is 4.98 Å². The number of carbonyl (C=O) groups is 1. The Labute approximate surface area is 122 Å². The van der Waals surface area contributed by atoms with Gasteiger partial charge in [0.15, 0.2) is 0 Å². The van der Waals surface area contributed by atoms with E-state index in [2.05, 4.69) is 4.98 Å². The van der Waals surface area contributed by atoms with Crippen LogP contribution in [0.5, 0.6) is 0 Å². The minimum atomic E-state index is -0.174. The van der Waals surface area contributed by atoms with Crippen molar-refractivity contribution in [1.82, 2.24) is 9.88 Å². The number of aliphatic hydroxyl groups is 1. The Morgan fingerprint density at radius 2 is 2.00 bits per heavy atom. The molecule has 0 spiro atoms. The van der Waals surface area contributed by atoms with E-state index in [0.717, 1.165) is 5.56 Å². The summed E-state index contributed by atoms with van der Waals surface area (Å²) in [5, 5.41) is 9.41. The summed E-state index contributed by atoms with van der Waals surface area (Å²) in [6, 6.07) is 12.8. The smallest absolute Gasteiger partial charge is 0.254 e. The summed E-state index contributed by atoms with van der Waals surface area (Å²) in [5.74, 6) is -0.174. The van der Waals surface area contributed by atoms with Crippen LogP contribution in [0.25, 0.3) is 0 Å². The van der Waals surface area contributed by atoms with Crippen LogP contribution < -0.4 is 0 Å². The molecule has 2 aromatic rings. The molecular weight excluding hydrogens is 276 g/mol. The van der Waals surface area contributed by atoms with Gasteiger partial charge in [0.2, 0.25) is 0 Å². The lowest BCUT2D eigenvalue weighted by Crippen LogP contribution is -2.33. The molecule has 0 saturated heterocycles. The van der Waals surface area contributed by atoms with Crippen LogP contribution in [0.15, 0.2) is 48.7 Å². The largest absolute Gasteiger partial charge is 0.395 e. The van der Waals surface area contributed by atoms with Crippen LogP contribution in [-0.2, 0) is 6.54 Å². The molecule has 0 atom stereocenters. The van der Waals surface area contributed by atoms with E-state index in [-0.39, 0.29) is 24.2 Å². The molecule has 0 saturated carbocycles. The Morgan fingerprint density at radius 1 is 1.25 bits per heavy atom. The molecule has 1 heterocycles. The third kappa shape index (κ3) is 3.79. The van der Waals surface area contributed by atoms with Crippen LogP contribution in [0.1, 0.15) is 15.9 Å². The number of pyridine rings is 1. The van der Waals surface area contributed by atoms with Gasteiger partial charge in [-0.15, -0.1) is 0 Å². The molecule has 1 amide bonds. The Bertz CT molecular complexity index is 575. The molecule has 1 N–H and O–H groups in total. The predicted molar refractivity (Wildman–Crippen MR) is 77.5 cm³/mol. The first kappa shape index (κ1) is 14.5. The molecule has 20 heavy (non-hydrogen) atoms. The number of aliphatic hydroxyl groups excluding tert-OH is 1. The Morgan fingerprint density at radius 3 is 2.65 bits per heavy atom. The number of aromatic nitrogens is 1. The Balaban J connectivity index is 2.18. The zero-order valence-corrected chi connectivity index (χ0v) is 11.6. The second-order valence-corrected chi connectivity index (χ2v) is 4.69. The second-order valence-electron chi connectivity index (χ2n) is 4.30. The number of rotatable bonds is 5. The molecule has 0 bridgehead atoms. The van der Waals surface area contributed by atoms with Crippen molar-refractivity contribution in [2.45, 2.75) is 6.54 Å². The number of nitrogens with zero attached hydrogens (tertiary/aromatic N) is 2. The monoisotopic (exact) mass is 290 g/mol. The summed E-state index contributed by atoms with van der Waals surface area (Å²) < 4.78 is 0. The van der Waals surface area contributed by atoms with Gasteiger partial charge in [0, 0.05) is 24.8 Å². The van der Waals surface area contributed by atoms with E-state index in [0.29, 0.717) is 12.1 Å². The van der Waals surface area contributed by atoms with Crippen LogP contribution in [0.2, 0.25) is 5.15 Å². The van der Waals surface area contributed by atoms with Gasteiger partial charge in [-0.3, -0.25) is 4.79 Å². The van der Waals surface area contributed by atoms with Crippen molar-refractivity contribution in [3.63, 3.8) is 0 Å². The van der Waals surface area contributed by atoms with Crippen LogP contribution in [0.4, 0.5) is 0 Å². The molecule has 0 aliphatic carbocycles. The average Bonchev–Trinajstić information content (AvgIpc) is 2.47. The van der Waals surface area contributed by atoms with Gasteiger partial charge in [-0.05, 0) is 17.7 Å². The van der Waals surface area contributed by atoms with Crippen molar-refractivity contribution < 1.29 is 9.90 Å². The molecule has 0 unspecified atom stereocenters. The minimum absolute atomic E-state index is 0.0859. The number of halogens is 1. The quantitative estimate of drug-likeness (QED) is 0.860. The maximum absolute atomic E-state index is 12.4. The lowest BCUT2D eigenvalue weighted by molar-refractivity contribution is 0.0707. The SMILES string of the molecule is O=C(c1ccnc(Cl)c1)N(CCO)Cc1ccccc1. The molecule has 1 aromatic carbocycles. The van der Waals surface area contributed by atoms with Crippen LogP contribution >= 0.6 is 11.6 Å². The van der Waals surface area contributed by atoms with E-state index in [1.165, 1.54) is 12.3 Å². The summed E-state index contributed by atoms with van der Waals surface area (Å²) in [6.45, 7) is 0.630. The highest BCUT2D eigenvalue weighted by Crippen LogP contribution is 2.12. The average molecular weight is 291 g/mol. The van der Waals surface area contributed by atoms with Crippen LogP contribution in [0, 0.1) is 0 Å². The van der Waals surface area contributed by atoms with E-state index in [9.17, 15) is 4.79 Å². The molecule has 0 aliphatic heterocycles. The molecule has 0 aliphatic rings. The Hall–Kier alpha value is -1.91. The van der Waals surface area contributed by atoms with Gasteiger partial charge in [-0.1, -0.05) is 41.9 Å². The summed E-state index contributed by atoms with van der Waals surface area (Å²) in [5.41, 5.74) is 1.48. The molecular formula is C15H15ClN2O2. The zero-order valence-electron chi connectivity index (χ0n) is 10.9. The maximum Gasteiger partial charge on any atom is 0.254 e. The zero-order chi connectivity index (χ0) is 14.4. The van der Waals surface area contributed by atoms with Crippen LogP contribution in [-0.4, -0.2) is 34.0 Å². The molecule has 0 radical (unpaired) electrons. The highest BCUT2D eigenvalue weighted by atomic mass is 35.5. The topological polar surface area (TPSA) is 53.4 Å². The van der Waals surface area contributed by atoms with E-state index >= 15 is 0 Å². The van der Waals surface area contributed by atoms with Crippen molar-refractivity contribution in [1.29, 1.82) is 0 Å². The van der Waals surface area contributed by atoms with E-state index in [1.807, 2.05) is 30.3 Å². The fourth-order valence-corrected chi connectivity index (χ4v) is 2.07. The van der Waals surface area contributed by atoms with Gasteiger partial charge < -0.3 is 10.0 Å². The van der Waals surface area contributed by atoms with E-state index < -0.39 is 0 Å². The number of benzene rings is 1. The highest BCUT2D eigenvalue weighted by molar-refractivity contribution is 6.29. The first-order valence-corrected chi connectivity index (χ1v) is 6.64. The summed E-state index contributed by atoms with van der Waals surface area (Å²) in [7, 11) is 0. The molecule has 104 valence electrons. The first-order valence-electron chi connectivity index (χ1n) is 6.26. The standard InChI is InChI=1S/C15H15ClN2O2/c16-14-10-13(6-7-17-14)15(20)18(8-9-19)11-12-4-2-1-3-5-12/h1-7,10,19H,8-9,11H2. The summed E-state index contributed by atoms with van der Waals surface area (Å²) in [6.07, 6.45) is 1.50. The molecule has 5 heteroatoms. The molecule has 2 rings (SSSR count). The fourth-order valence-electron chi connectivity index (χ4n) is 1.89.